The lowest BCUT2D eigenvalue weighted by atomic mass is 10.1. The molecule has 0 aliphatic rings. The van der Waals surface area contributed by atoms with Crippen molar-refractivity contribution >= 4 is 11.8 Å². The van der Waals surface area contributed by atoms with E-state index in [9.17, 15) is 0 Å². The molecule has 1 aromatic rings. The molecule has 0 spiro atoms. The van der Waals surface area contributed by atoms with E-state index in [1.165, 1.54) is 28.9 Å². The fourth-order valence-electron chi connectivity index (χ4n) is 2.27. The third-order valence-electron chi connectivity index (χ3n) is 3.31. The Morgan fingerprint density at radius 2 is 1.74 bits per heavy atom. The Labute approximate surface area is 123 Å². The first-order valence-electron chi connectivity index (χ1n) is 7.41. The highest BCUT2D eigenvalue weighted by Gasteiger charge is 2.12. The highest BCUT2D eigenvalue weighted by molar-refractivity contribution is 7.98. The van der Waals surface area contributed by atoms with Gasteiger partial charge in [0.15, 0.2) is 0 Å². The number of hydrogen-bond acceptors (Lipinski definition) is 2. The maximum atomic E-state index is 3.66. The molecular weight excluding hydrogens is 250 g/mol. The first-order chi connectivity index (χ1) is 9.02. The lowest BCUT2D eigenvalue weighted by molar-refractivity contribution is 0.434. The summed E-state index contributed by atoms with van der Waals surface area (Å²) in [7, 11) is 0. The van der Waals surface area contributed by atoms with E-state index >= 15 is 0 Å². The molecule has 0 aromatic heterocycles. The number of nitrogens with one attached hydrogen (secondary N) is 1. The number of benzene rings is 1. The van der Waals surface area contributed by atoms with Gasteiger partial charge in [0.25, 0.3) is 0 Å². The number of hydrogen-bond donors (Lipinski definition) is 1. The lowest BCUT2D eigenvalue weighted by Gasteiger charge is -2.22. The van der Waals surface area contributed by atoms with Crippen molar-refractivity contribution in [2.45, 2.75) is 52.8 Å². The Morgan fingerprint density at radius 1 is 1.11 bits per heavy atom. The molecule has 108 valence electrons. The van der Waals surface area contributed by atoms with Crippen LogP contribution in [0.25, 0.3) is 0 Å². The average Bonchev–Trinajstić information content (AvgIpc) is 2.31. The predicted molar refractivity (Wildman–Crippen MR) is 89.0 cm³/mol. The van der Waals surface area contributed by atoms with E-state index < -0.39 is 0 Å². The highest BCUT2D eigenvalue weighted by Crippen LogP contribution is 2.18. The molecule has 1 unspecified atom stereocenters. The smallest absolute Gasteiger partial charge is 0.0185 e. The topological polar surface area (TPSA) is 12.0 Å². The third kappa shape index (κ3) is 6.49. The van der Waals surface area contributed by atoms with E-state index in [1.807, 2.05) is 11.8 Å². The Bertz CT molecular complexity index is 353. The van der Waals surface area contributed by atoms with Crippen molar-refractivity contribution in [2.75, 3.05) is 12.3 Å². The molecule has 0 saturated carbocycles. The second-order valence-corrected chi connectivity index (χ2v) is 6.85. The van der Waals surface area contributed by atoms with Crippen LogP contribution in [0.2, 0.25) is 0 Å². The standard InChI is InChI=1S/C17H29NS/c1-6-7-18-17(13(2)3)12-19-11-16-9-14(4)8-15(5)10-16/h8-10,13,17-18H,6-7,11-12H2,1-5H3. The minimum Gasteiger partial charge on any atom is -0.313 e. The molecule has 1 atom stereocenters. The van der Waals surface area contributed by atoms with Crippen LogP contribution in [0.15, 0.2) is 18.2 Å². The molecule has 0 bridgehead atoms. The van der Waals surface area contributed by atoms with E-state index in [0.29, 0.717) is 12.0 Å². The van der Waals surface area contributed by atoms with Gasteiger partial charge in [-0.1, -0.05) is 50.1 Å². The predicted octanol–water partition coefficient (Wildman–Crippen LogP) is 4.56. The van der Waals surface area contributed by atoms with Gasteiger partial charge >= 0.3 is 0 Å². The third-order valence-corrected chi connectivity index (χ3v) is 4.44. The van der Waals surface area contributed by atoms with Crippen LogP contribution in [0.5, 0.6) is 0 Å². The molecule has 0 aliphatic heterocycles. The van der Waals surface area contributed by atoms with Crippen LogP contribution in [-0.4, -0.2) is 18.3 Å². The van der Waals surface area contributed by atoms with Crippen molar-refractivity contribution in [1.82, 2.24) is 5.32 Å². The van der Waals surface area contributed by atoms with Crippen molar-refractivity contribution in [2.24, 2.45) is 5.92 Å². The van der Waals surface area contributed by atoms with Crippen LogP contribution in [-0.2, 0) is 5.75 Å². The van der Waals surface area contributed by atoms with Crippen LogP contribution in [0.3, 0.4) is 0 Å². The molecule has 0 heterocycles. The van der Waals surface area contributed by atoms with E-state index in [1.54, 1.807) is 0 Å². The summed E-state index contributed by atoms with van der Waals surface area (Å²) in [5, 5.41) is 3.66. The Balaban J connectivity index is 2.42. The molecule has 1 nitrogen and oxygen atoms in total. The number of rotatable bonds is 8. The van der Waals surface area contributed by atoms with Crippen LogP contribution in [0.1, 0.15) is 43.9 Å². The largest absolute Gasteiger partial charge is 0.313 e. The minimum atomic E-state index is 0.635. The van der Waals surface area contributed by atoms with Crippen molar-refractivity contribution in [3.8, 4) is 0 Å². The van der Waals surface area contributed by atoms with E-state index in [-0.39, 0.29) is 0 Å². The molecule has 2 heteroatoms. The van der Waals surface area contributed by atoms with Crippen molar-refractivity contribution in [1.29, 1.82) is 0 Å². The highest BCUT2D eigenvalue weighted by atomic mass is 32.2. The summed E-state index contributed by atoms with van der Waals surface area (Å²) in [6, 6.07) is 7.50. The maximum absolute atomic E-state index is 3.66. The molecule has 0 amide bonds. The molecule has 0 saturated heterocycles. The summed E-state index contributed by atoms with van der Waals surface area (Å²) in [5.74, 6) is 3.03. The minimum absolute atomic E-state index is 0.635. The fourth-order valence-corrected chi connectivity index (χ4v) is 3.55. The summed E-state index contributed by atoms with van der Waals surface area (Å²) in [6.07, 6.45) is 1.21. The van der Waals surface area contributed by atoms with E-state index in [0.717, 1.165) is 12.3 Å². The Morgan fingerprint density at radius 3 is 2.26 bits per heavy atom. The fraction of sp³-hybridized carbons (Fsp3) is 0.647. The molecule has 0 fully saturated rings. The quantitative estimate of drug-likeness (QED) is 0.748. The molecule has 1 N–H and O–H groups in total. The molecular formula is C17H29NS. The molecule has 1 aromatic carbocycles. The SMILES string of the molecule is CCCNC(CSCc1cc(C)cc(C)c1)C(C)C. The van der Waals surface area contributed by atoms with Crippen LogP contribution in [0, 0.1) is 19.8 Å². The zero-order chi connectivity index (χ0) is 14.3. The zero-order valence-corrected chi connectivity index (χ0v) is 13.9. The van der Waals surface area contributed by atoms with Gasteiger partial charge in [-0.2, -0.15) is 11.8 Å². The summed E-state index contributed by atoms with van der Waals surface area (Å²) >= 11 is 2.05. The lowest BCUT2D eigenvalue weighted by Crippen LogP contribution is -2.36. The van der Waals surface area contributed by atoms with Crippen molar-refractivity contribution < 1.29 is 0 Å². The monoisotopic (exact) mass is 279 g/mol. The van der Waals surface area contributed by atoms with Gasteiger partial charge in [-0.25, -0.2) is 0 Å². The van der Waals surface area contributed by atoms with Gasteiger partial charge in [-0.15, -0.1) is 0 Å². The maximum Gasteiger partial charge on any atom is 0.0185 e. The van der Waals surface area contributed by atoms with Gasteiger partial charge in [0.2, 0.25) is 0 Å². The van der Waals surface area contributed by atoms with Gasteiger partial charge in [0.05, 0.1) is 0 Å². The van der Waals surface area contributed by atoms with Crippen LogP contribution in [0.4, 0.5) is 0 Å². The summed E-state index contributed by atoms with van der Waals surface area (Å²) in [5.41, 5.74) is 4.21. The first-order valence-corrected chi connectivity index (χ1v) is 8.56. The van der Waals surface area contributed by atoms with Crippen LogP contribution < -0.4 is 5.32 Å². The first kappa shape index (κ1) is 16.6. The van der Waals surface area contributed by atoms with Crippen molar-refractivity contribution in [3.63, 3.8) is 0 Å². The zero-order valence-electron chi connectivity index (χ0n) is 13.1. The summed E-state index contributed by atoms with van der Waals surface area (Å²) in [6.45, 7) is 12.3. The van der Waals surface area contributed by atoms with Gasteiger partial charge in [-0.05, 0) is 38.3 Å². The second kappa shape index (κ2) is 8.65. The molecule has 0 radical (unpaired) electrons. The number of aryl methyl sites for hydroxylation is 2. The summed E-state index contributed by atoms with van der Waals surface area (Å²) in [4.78, 5) is 0. The second-order valence-electron chi connectivity index (χ2n) is 5.82. The van der Waals surface area contributed by atoms with Gasteiger partial charge < -0.3 is 5.32 Å². The average molecular weight is 279 g/mol. The normalized spacial score (nSPS) is 12.9. The van der Waals surface area contributed by atoms with Gasteiger partial charge in [-0.3, -0.25) is 0 Å². The Hall–Kier alpha value is -0.470. The van der Waals surface area contributed by atoms with Gasteiger partial charge in [0.1, 0.15) is 0 Å². The summed E-state index contributed by atoms with van der Waals surface area (Å²) < 4.78 is 0. The van der Waals surface area contributed by atoms with Crippen LogP contribution >= 0.6 is 11.8 Å². The molecule has 19 heavy (non-hydrogen) atoms. The van der Waals surface area contributed by atoms with Gasteiger partial charge in [0, 0.05) is 17.5 Å². The van der Waals surface area contributed by atoms with E-state index in [2.05, 4.69) is 58.1 Å². The molecule has 0 aliphatic carbocycles. The Kier molecular flexibility index (Phi) is 7.55. The van der Waals surface area contributed by atoms with Crippen molar-refractivity contribution in [3.05, 3.63) is 34.9 Å². The molecule has 1 rings (SSSR count). The number of thioether (sulfide) groups is 1. The van der Waals surface area contributed by atoms with E-state index in [4.69, 9.17) is 0 Å².